The lowest BCUT2D eigenvalue weighted by Crippen LogP contribution is -2.45. The summed E-state index contributed by atoms with van der Waals surface area (Å²) in [5.41, 5.74) is 0. The maximum atomic E-state index is 12.6. The molecule has 0 unspecified atom stereocenters. The van der Waals surface area contributed by atoms with E-state index in [2.05, 4.69) is 4.98 Å². The predicted octanol–water partition coefficient (Wildman–Crippen LogP) is 1.27. The number of hydrogen-bond acceptors (Lipinski definition) is 4. The summed E-state index contributed by atoms with van der Waals surface area (Å²) >= 11 is 0. The monoisotopic (exact) mass is 311 g/mol. The molecule has 0 amide bonds. The smallest absolute Gasteiger partial charge is 0.282 e. The molecule has 2 aliphatic heterocycles. The largest absolute Gasteiger partial charge is 0.487 e. The highest BCUT2D eigenvalue weighted by Gasteiger charge is 2.36. The van der Waals surface area contributed by atoms with Crippen molar-refractivity contribution in [2.24, 2.45) is 0 Å². The molecule has 0 aliphatic carbocycles. The van der Waals surface area contributed by atoms with Crippen molar-refractivity contribution < 1.29 is 13.2 Å². The predicted molar refractivity (Wildman–Crippen MR) is 79.2 cm³/mol. The van der Waals surface area contributed by atoms with Crippen molar-refractivity contribution >= 4 is 10.2 Å². The second-order valence-electron chi connectivity index (χ2n) is 5.54. The molecule has 3 rings (SSSR count). The first-order valence-electron chi connectivity index (χ1n) is 7.48. The summed E-state index contributed by atoms with van der Waals surface area (Å²) in [6.45, 7) is 2.25. The zero-order chi connectivity index (χ0) is 14.7. The SMILES string of the molecule is O=S(=O)(N1CCCCC1)N1CC[C@@H](Oc2cccnc2)C1. The Morgan fingerprint density at radius 1 is 1.14 bits per heavy atom. The fourth-order valence-electron chi connectivity index (χ4n) is 2.87. The molecule has 116 valence electrons. The van der Waals surface area contributed by atoms with Gasteiger partial charge in [0.15, 0.2) is 0 Å². The Balaban J connectivity index is 1.61. The van der Waals surface area contributed by atoms with Gasteiger partial charge in [0.05, 0.1) is 12.7 Å². The highest BCUT2D eigenvalue weighted by molar-refractivity contribution is 7.86. The van der Waals surface area contributed by atoms with Crippen LogP contribution < -0.4 is 4.74 Å². The van der Waals surface area contributed by atoms with Crippen molar-refractivity contribution in [2.45, 2.75) is 31.8 Å². The molecule has 2 aliphatic rings. The number of aromatic nitrogens is 1. The minimum Gasteiger partial charge on any atom is -0.487 e. The zero-order valence-corrected chi connectivity index (χ0v) is 12.8. The molecule has 0 saturated carbocycles. The van der Waals surface area contributed by atoms with E-state index in [9.17, 15) is 8.42 Å². The summed E-state index contributed by atoms with van der Waals surface area (Å²) in [7, 11) is -3.32. The van der Waals surface area contributed by atoms with Gasteiger partial charge in [-0.05, 0) is 31.4 Å². The standard InChI is InChI=1S/C14H21N3O3S/c18-21(19,16-8-2-1-3-9-16)17-10-6-14(12-17)20-13-5-4-7-15-11-13/h4-5,7,11,14H,1-3,6,8-10,12H2/t14-/m1/s1. The topological polar surface area (TPSA) is 62.7 Å². The minimum absolute atomic E-state index is 0.0891. The zero-order valence-electron chi connectivity index (χ0n) is 12.0. The van der Waals surface area contributed by atoms with Crippen LogP contribution in [0, 0.1) is 0 Å². The van der Waals surface area contributed by atoms with Gasteiger partial charge >= 0.3 is 0 Å². The van der Waals surface area contributed by atoms with E-state index in [0.29, 0.717) is 31.9 Å². The normalized spacial score (nSPS) is 25.0. The van der Waals surface area contributed by atoms with E-state index in [-0.39, 0.29) is 6.10 Å². The van der Waals surface area contributed by atoms with Crippen molar-refractivity contribution in [1.29, 1.82) is 0 Å². The minimum atomic E-state index is -3.32. The number of piperidine rings is 1. The first-order valence-corrected chi connectivity index (χ1v) is 8.88. The first kappa shape index (κ1) is 14.7. The lowest BCUT2D eigenvalue weighted by atomic mass is 10.2. The molecule has 0 bridgehead atoms. The third kappa shape index (κ3) is 3.36. The molecule has 1 aromatic heterocycles. The van der Waals surface area contributed by atoms with Crippen molar-refractivity contribution in [3.05, 3.63) is 24.5 Å². The van der Waals surface area contributed by atoms with Crippen molar-refractivity contribution in [1.82, 2.24) is 13.6 Å². The van der Waals surface area contributed by atoms with Gasteiger partial charge in [-0.15, -0.1) is 0 Å². The Labute approximate surface area is 125 Å². The van der Waals surface area contributed by atoms with E-state index >= 15 is 0 Å². The molecule has 6 nitrogen and oxygen atoms in total. The number of rotatable bonds is 4. The first-order chi connectivity index (χ1) is 10.2. The Hall–Kier alpha value is -1.18. The van der Waals surface area contributed by atoms with E-state index in [0.717, 1.165) is 25.7 Å². The quantitative estimate of drug-likeness (QED) is 0.840. The maximum absolute atomic E-state index is 12.6. The van der Waals surface area contributed by atoms with E-state index in [4.69, 9.17) is 4.74 Å². The molecule has 7 heteroatoms. The molecule has 3 heterocycles. The molecular formula is C14H21N3O3S. The third-order valence-electron chi connectivity index (χ3n) is 4.01. The molecule has 21 heavy (non-hydrogen) atoms. The Morgan fingerprint density at radius 2 is 1.95 bits per heavy atom. The van der Waals surface area contributed by atoms with Gasteiger partial charge in [-0.25, -0.2) is 0 Å². The highest BCUT2D eigenvalue weighted by atomic mass is 32.2. The van der Waals surface area contributed by atoms with E-state index in [1.165, 1.54) is 0 Å². The summed E-state index contributed by atoms with van der Waals surface area (Å²) in [6, 6.07) is 3.65. The van der Waals surface area contributed by atoms with Crippen LogP contribution in [0.15, 0.2) is 24.5 Å². The van der Waals surface area contributed by atoms with Crippen molar-refractivity contribution in [2.75, 3.05) is 26.2 Å². The number of nitrogens with zero attached hydrogens (tertiary/aromatic N) is 3. The second-order valence-corrected chi connectivity index (χ2v) is 7.47. The Kier molecular flexibility index (Phi) is 4.42. The molecule has 0 spiro atoms. The fraction of sp³-hybridized carbons (Fsp3) is 0.643. The summed E-state index contributed by atoms with van der Waals surface area (Å²) in [5, 5.41) is 0. The summed E-state index contributed by atoms with van der Waals surface area (Å²) < 4.78 is 34.1. The molecule has 2 saturated heterocycles. The second kappa shape index (κ2) is 6.29. The van der Waals surface area contributed by atoms with Gasteiger partial charge in [0.25, 0.3) is 10.2 Å². The number of hydrogen-bond donors (Lipinski definition) is 0. The summed E-state index contributed by atoms with van der Waals surface area (Å²) in [4.78, 5) is 4.00. The van der Waals surface area contributed by atoms with Gasteiger partial charge < -0.3 is 4.74 Å². The molecule has 0 N–H and O–H groups in total. The van der Waals surface area contributed by atoms with Crippen LogP contribution in [0.4, 0.5) is 0 Å². The van der Waals surface area contributed by atoms with Gasteiger partial charge in [0, 0.05) is 25.8 Å². The van der Waals surface area contributed by atoms with Crippen LogP contribution in [-0.2, 0) is 10.2 Å². The lowest BCUT2D eigenvalue weighted by molar-refractivity contribution is 0.212. The Morgan fingerprint density at radius 3 is 2.67 bits per heavy atom. The van der Waals surface area contributed by atoms with Crippen LogP contribution in [-0.4, -0.2) is 54.3 Å². The summed E-state index contributed by atoms with van der Waals surface area (Å²) in [6.07, 6.45) is 7.02. The van der Waals surface area contributed by atoms with Crippen LogP contribution in [0.25, 0.3) is 0 Å². The average Bonchev–Trinajstić information content (AvgIpc) is 2.98. The third-order valence-corrected chi connectivity index (χ3v) is 6.01. The lowest BCUT2D eigenvalue weighted by Gasteiger charge is -2.30. The van der Waals surface area contributed by atoms with Crippen LogP contribution in [0.1, 0.15) is 25.7 Å². The van der Waals surface area contributed by atoms with Crippen molar-refractivity contribution in [3.8, 4) is 5.75 Å². The van der Waals surface area contributed by atoms with E-state index < -0.39 is 10.2 Å². The molecule has 1 atom stereocenters. The van der Waals surface area contributed by atoms with Gasteiger partial charge in [0.1, 0.15) is 11.9 Å². The molecule has 0 aromatic carbocycles. The van der Waals surface area contributed by atoms with Gasteiger partial charge in [0.2, 0.25) is 0 Å². The molecule has 0 radical (unpaired) electrons. The molecule has 2 fully saturated rings. The average molecular weight is 311 g/mol. The summed E-state index contributed by atoms with van der Waals surface area (Å²) in [5.74, 6) is 0.694. The molecule has 1 aromatic rings. The van der Waals surface area contributed by atoms with E-state index in [1.807, 2.05) is 12.1 Å². The van der Waals surface area contributed by atoms with Crippen LogP contribution in [0.5, 0.6) is 5.75 Å². The number of pyridine rings is 1. The van der Waals surface area contributed by atoms with Gasteiger partial charge in [-0.3, -0.25) is 4.98 Å². The van der Waals surface area contributed by atoms with Gasteiger partial charge in [-0.1, -0.05) is 6.42 Å². The van der Waals surface area contributed by atoms with Crippen molar-refractivity contribution in [3.63, 3.8) is 0 Å². The highest BCUT2D eigenvalue weighted by Crippen LogP contribution is 2.23. The van der Waals surface area contributed by atoms with Crippen LogP contribution in [0.2, 0.25) is 0 Å². The van der Waals surface area contributed by atoms with E-state index in [1.54, 1.807) is 21.0 Å². The molecular weight excluding hydrogens is 290 g/mol. The van der Waals surface area contributed by atoms with Gasteiger partial charge in [-0.2, -0.15) is 17.0 Å². The fourth-order valence-corrected chi connectivity index (χ4v) is 4.61. The number of ether oxygens (including phenoxy) is 1. The van der Waals surface area contributed by atoms with Crippen LogP contribution >= 0.6 is 0 Å². The Bertz CT molecular complexity index is 558. The maximum Gasteiger partial charge on any atom is 0.282 e. The van der Waals surface area contributed by atoms with Crippen LogP contribution in [0.3, 0.4) is 0 Å².